The van der Waals surface area contributed by atoms with Crippen LogP contribution in [0.5, 0.6) is 0 Å². The molecule has 3 heteroatoms. The van der Waals surface area contributed by atoms with Gasteiger partial charge in [-0.1, -0.05) is 20.3 Å². The van der Waals surface area contributed by atoms with Crippen molar-refractivity contribution in [2.75, 3.05) is 13.1 Å². The van der Waals surface area contributed by atoms with Gasteiger partial charge in [0.15, 0.2) is 0 Å². The van der Waals surface area contributed by atoms with Gasteiger partial charge in [-0.3, -0.25) is 9.69 Å². The Kier molecular flexibility index (Phi) is 3.36. The topological polar surface area (TPSA) is 40.5 Å². The molecule has 4 unspecified atom stereocenters. The SMILES string of the molecule is CC1(C)CCCN(CC2CC3CCC2C3)C1C(=O)O. The van der Waals surface area contributed by atoms with Crippen LogP contribution in [-0.4, -0.2) is 35.1 Å². The van der Waals surface area contributed by atoms with Gasteiger partial charge in [0.25, 0.3) is 0 Å². The molecule has 1 aliphatic heterocycles. The largest absolute Gasteiger partial charge is 0.480 e. The van der Waals surface area contributed by atoms with Gasteiger partial charge in [0.1, 0.15) is 6.04 Å². The van der Waals surface area contributed by atoms with Gasteiger partial charge in [0.2, 0.25) is 0 Å². The highest BCUT2D eigenvalue weighted by atomic mass is 16.4. The molecule has 0 spiro atoms. The molecule has 3 fully saturated rings. The van der Waals surface area contributed by atoms with Crippen LogP contribution in [-0.2, 0) is 4.79 Å². The molecule has 3 nitrogen and oxygen atoms in total. The van der Waals surface area contributed by atoms with Gasteiger partial charge in [0, 0.05) is 6.54 Å². The number of hydrogen-bond donors (Lipinski definition) is 1. The van der Waals surface area contributed by atoms with E-state index in [0.717, 1.165) is 43.7 Å². The molecule has 0 amide bonds. The van der Waals surface area contributed by atoms with Crippen molar-refractivity contribution >= 4 is 5.97 Å². The van der Waals surface area contributed by atoms with E-state index in [1.165, 1.54) is 25.7 Å². The lowest BCUT2D eigenvalue weighted by Gasteiger charge is -2.45. The van der Waals surface area contributed by atoms with E-state index in [1.807, 2.05) is 0 Å². The monoisotopic (exact) mass is 265 g/mol. The summed E-state index contributed by atoms with van der Waals surface area (Å²) in [5, 5.41) is 9.61. The van der Waals surface area contributed by atoms with E-state index in [4.69, 9.17) is 0 Å². The molecular formula is C16H27NO2. The van der Waals surface area contributed by atoms with Crippen LogP contribution in [0, 0.1) is 23.2 Å². The summed E-state index contributed by atoms with van der Waals surface area (Å²) in [7, 11) is 0. The van der Waals surface area contributed by atoms with Crippen molar-refractivity contribution in [2.24, 2.45) is 23.2 Å². The molecule has 0 radical (unpaired) electrons. The number of piperidine rings is 1. The normalized spacial score (nSPS) is 41.6. The van der Waals surface area contributed by atoms with Crippen LogP contribution in [0.2, 0.25) is 0 Å². The second-order valence-electron chi connectivity index (χ2n) is 7.76. The molecular weight excluding hydrogens is 238 g/mol. The van der Waals surface area contributed by atoms with Crippen molar-refractivity contribution in [3.8, 4) is 0 Å². The molecule has 19 heavy (non-hydrogen) atoms. The van der Waals surface area contributed by atoms with E-state index in [-0.39, 0.29) is 11.5 Å². The fraction of sp³-hybridized carbons (Fsp3) is 0.938. The fourth-order valence-corrected chi connectivity index (χ4v) is 5.09. The minimum Gasteiger partial charge on any atom is -0.480 e. The highest BCUT2D eigenvalue weighted by Crippen LogP contribution is 2.49. The lowest BCUT2D eigenvalue weighted by Crippen LogP contribution is -2.55. The summed E-state index contributed by atoms with van der Waals surface area (Å²) < 4.78 is 0. The first-order valence-corrected chi connectivity index (χ1v) is 7.94. The summed E-state index contributed by atoms with van der Waals surface area (Å²) in [5.41, 5.74) is -0.0816. The summed E-state index contributed by atoms with van der Waals surface area (Å²) >= 11 is 0. The van der Waals surface area contributed by atoms with Crippen LogP contribution in [0.15, 0.2) is 0 Å². The Morgan fingerprint density at radius 3 is 2.68 bits per heavy atom. The van der Waals surface area contributed by atoms with E-state index < -0.39 is 5.97 Å². The molecule has 0 aromatic rings. The molecule has 3 aliphatic rings. The third kappa shape index (κ3) is 2.42. The van der Waals surface area contributed by atoms with Crippen LogP contribution in [0.25, 0.3) is 0 Å². The molecule has 3 rings (SSSR count). The van der Waals surface area contributed by atoms with E-state index in [0.29, 0.717) is 0 Å². The molecule has 0 aromatic heterocycles. The second kappa shape index (κ2) is 4.76. The number of carboxylic acid groups (broad SMARTS) is 1. The smallest absolute Gasteiger partial charge is 0.321 e. The van der Waals surface area contributed by atoms with Crippen LogP contribution >= 0.6 is 0 Å². The van der Waals surface area contributed by atoms with E-state index >= 15 is 0 Å². The molecule has 108 valence electrons. The van der Waals surface area contributed by atoms with Crippen LogP contribution < -0.4 is 0 Å². The fourth-order valence-electron chi connectivity index (χ4n) is 5.09. The molecule has 1 N–H and O–H groups in total. The second-order valence-corrected chi connectivity index (χ2v) is 7.76. The third-order valence-electron chi connectivity index (χ3n) is 5.96. The first-order valence-electron chi connectivity index (χ1n) is 7.94. The lowest BCUT2D eigenvalue weighted by molar-refractivity contribution is -0.151. The maximum Gasteiger partial charge on any atom is 0.321 e. The number of rotatable bonds is 3. The van der Waals surface area contributed by atoms with E-state index in [9.17, 15) is 9.90 Å². The Morgan fingerprint density at radius 2 is 2.11 bits per heavy atom. The zero-order valence-corrected chi connectivity index (χ0v) is 12.3. The predicted octanol–water partition coefficient (Wildman–Crippen LogP) is 3.00. The van der Waals surface area contributed by atoms with E-state index in [2.05, 4.69) is 18.7 Å². The summed E-state index contributed by atoms with van der Waals surface area (Å²) in [6, 6.07) is -0.277. The summed E-state index contributed by atoms with van der Waals surface area (Å²) in [6.45, 7) is 6.26. The zero-order chi connectivity index (χ0) is 13.6. The Bertz CT molecular complexity index is 366. The van der Waals surface area contributed by atoms with Crippen LogP contribution in [0.1, 0.15) is 52.4 Å². The predicted molar refractivity (Wildman–Crippen MR) is 74.9 cm³/mol. The molecule has 2 aliphatic carbocycles. The Labute approximate surface area is 116 Å². The number of nitrogens with zero attached hydrogens (tertiary/aromatic N) is 1. The maximum atomic E-state index is 11.7. The third-order valence-corrected chi connectivity index (χ3v) is 5.96. The number of likely N-dealkylation sites (tertiary alicyclic amines) is 1. The van der Waals surface area contributed by atoms with Gasteiger partial charge in [0.05, 0.1) is 0 Å². The van der Waals surface area contributed by atoms with Crippen molar-refractivity contribution in [3.63, 3.8) is 0 Å². The van der Waals surface area contributed by atoms with Gasteiger partial charge in [-0.25, -0.2) is 0 Å². The lowest BCUT2D eigenvalue weighted by atomic mass is 9.75. The Balaban J connectivity index is 1.70. The number of carboxylic acids is 1. The quantitative estimate of drug-likeness (QED) is 0.853. The van der Waals surface area contributed by atoms with Gasteiger partial charge in [-0.05, 0) is 61.8 Å². The number of hydrogen-bond acceptors (Lipinski definition) is 2. The molecule has 2 bridgehead atoms. The van der Waals surface area contributed by atoms with Gasteiger partial charge in [-0.2, -0.15) is 0 Å². The molecule has 0 aromatic carbocycles. The molecule has 1 saturated heterocycles. The number of aliphatic carboxylic acids is 1. The molecule has 4 atom stereocenters. The zero-order valence-electron chi connectivity index (χ0n) is 12.3. The first kappa shape index (κ1) is 13.4. The highest BCUT2D eigenvalue weighted by Gasteiger charge is 2.46. The summed E-state index contributed by atoms with van der Waals surface area (Å²) in [5.74, 6) is 2.00. The molecule has 2 saturated carbocycles. The van der Waals surface area contributed by atoms with Gasteiger partial charge >= 0.3 is 5.97 Å². The van der Waals surface area contributed by atoms with Crippen LogP contribution in [0.3, 0.4) is 0 Å². The van der Waals surface area contributed by atoms with Crippen molar-refractivity contribution in [1.29, 1.82) is 0 Å². The Hall–Kier alpha value is -0.570. The highest BCUT2D eigenvalue weighted by molar-refractivity contribution is 5.74. The number of carbonyl (C=O) groups is 1. The average molecular weight is 265 g/mol. The Morgan fingerprint density at radius 1 is 1.32 bits per heavy atom. The van der Waals surface area contributed by atoms with Crippen molar-refractivity contribution < 1.29 is 9.90 Å². The van der Waals surface area contributed by atoms with Crippen molar-refractivity contribution in [2.45, 2.75) is 58.4 Å². The molecule has 1 heterocycles. The van der Waals surface area contributed by atoms with Crippen LogP contribution in [0.4, 0.5) is 0 Å². The number of fused-ring (bicyclic) bond motifs is 2. The minimum absolute atomic E-state index is 0.0816. The van der Waals surface area contributed by atoms with Crippen molar-refractivity contribution in [1.82, 2.24) is 4.90 Å². The maximum absolute atomic E-state index is 11.7. The summed E-state index contributed by atoms with van der Waals surface area (Å²) in [6.07, 6.45) is 7.78. The van der Waals surface area contributed by atoms with E-state index in [1.54, 1.807) is 0 Å². The minimum atomic E-state index is -0.618. The van der Waals surface area contributed by atoms with Gasteiger partial charge < -0.3 is 5.11 Å². The average Bonchev–Trinajstić information content (AvgIpc) is 2.88. The summed E-state index contributed by atoms with van der Waals surface area (Å²) in [4.78, 5) is 14.0. The first-order chi connectivity index (χ1) is 8.97. The van der Waals surface area contributed by atoms with Gasteiger partial charge in [-0.15, -0.1) is 0 Å². The van der Waals surface area contributed by atoms with Crippen molar-refractivity contribution in [3.05, 3.63) is 0 Å². The standard InChI is InChI=1S/C16H27NO2/c1-16(2)6-3-7-17(14(16)15(18)19)10-13-9-11-4-5-12(13)8-11/h11-14H,3-10H2,1-2H3,(H,18,19).